The van der Waals surface area contributed by atoms with E-state index < -0.39 is 10.0 Å². The molecule has 3 atom stereocenters. The van der Waals surface area contributed by atoms with Crippen LogP contribution in [0.25, 0.3) is 11.1 Å². The van der Waals surface area contributed by atoms with Gasteiger partial charge in [0.2, 0.25) is 15.9 Å². The molecule has 0 aliphatic carbocycles. The van der Waals surface area contributed by atoms with Crippen molar-refractivity contribution in [1.82, 2.24) is 19.6 Å². The molecule has 220 valence electrons. The fourth-order valence-corrected chi connectivity index (χ4v) is 7.14. The number of carbonyl (C=O) groups is 1. The van der Waals surface area contributed by atoms with Gasteiger partial charge < -0.3 is 14.8 Å². The van der Waals surface area contributed by atoms with Crippen LogP contribution in [0, 0.1) is 5.92 Å². The number of ether oxygens (including phenoxy) is 2. The van der Waals surface area contributed by atoms with Crippen LogP contribution in [-0.4, -0.2) is 73.5 Å². The minimum Gasteiger partial charge on any atom is -0.493 e. The second kappa shape index (κ2) is 13.6. The lowest BCUT2D eigenvalue weighted by Gasteiger charge is -2.28. The van der Waals surface area contributed by atoms with Crippen LogP contribution in [0.5, 0.6) is 11.5 Å². The molecule has 1 aromatic heterocycles. The molecule has 0 radical (unpaired) electrons. The van der Waals surface area contributed by atoms with Crippen LogP contribution >= 0.6 is 35.0 Å². The van der Waals surface area contributed by atoms with Crippen molar-refractivity contribution in [1.29, 1.82) is 0 Å². The number of carbonyl (C=O) groups excluding carboxylic acids is 1. The highest BCUT2D eigenvalue weighted by Crippen LogP contribution is 2.33. The van der Waals surface area contributed by atoms with E-state index >= 15 is 0 Å². The van der Waals surface area contributed by atoms with Crippen LogP contribution in [-0.2, 0) is 21.2 Å². The molecule has 0 spiro atoms. The maximum absolute atomic E-state index is 12.8. The zero-order chi connectivity index (χ0) is 29.7. The van der Waals surface area contributed by atoms with Gasteiger partial charge in [0.1, 0.15) is 0 Å². The molecule has 1 aliphatic rings. The van der Waals surface area contributed by atoms with Gasteiger partial charge in [0.05, 0.1) is 36.3 Å². The van der Waals surface area contributed by atoms with Crippen LogP contribution in [0.15, 0.2) is 53.9 Å². The summed E-state index contributed by atoms with van der Waals surface area (Å²) in [6.45, 7) is 2.21. The van der Waals surface area contributed by atoms with E-state index in [1.165, 1.54) is 22.3 Å². The molecule has 9 nitrogen and oxygen atoms in total. The number of hydrogen-bond acceptors (Lipinski definition) is 8. The number of aromatic nitrogens is 2. The highest BCUT2D eigenvalue weighted by atomic mass is 35.5. The van der Waals surface area contributed by atoms with Crippen molar-refractivity contribution in [2.45, 2.75) is 37.0 Å². The number of rotatable bonds is 11. The molecule has 13 heteroatoms. The van der Waals surface area contributed by atoms with Gasteiger partial charge in [0.25, 0.3) is 0 Å². The normalized spacial score (nSPS) is 18.2. The Morgan fingerprint density at radius 2 is 1.78 bits per heavy atom. The van der Waals surface area contributed by atoms with Gasteiger partial charge in [-0.25, -0.2) is 18.4 Å². The summed E-state index contributed by atoms with van der Waals surface area (Å²) in [5.41, 5.74) is 2.66. The SMILES string of the molecule is COc1ccc(-c2cnc(SCC(=O)NC(C)[C@@H]3C[C@@H](Cc4ccc(Cl)c(Cl)c4)CN3S(C)(=O)=O)nc2)cc1OC. The summed E-state index contributed by atoms with van der Waals surface area (Å²) in [5.74, 6) is 1.18. The van der Waals surface area contributed by atoms with Crippen LogP contribution < -0.4 is 14.8 Å². The number of benzene rings is 2. The molecule has 2 heterocycles. The number of halogens is 2. The Bertz CT molecular complexity index is 1490. The largest absolute Gasteiger partial charge is 0.493 e. The maximum Gasteiger partial charge on any atom is 0.230 e. The zero-order valence-corrected chi connectivity index (χ0v) is 26.3. The summed E-state index contributed by atoms with van der Waals surface area (Å²) in [4.78, 5) is 21.6. The first-order valence-electron chi connectivity index (χ1n) is 12.9. The summed E-state index contributed by atoms with van der Waals surface area (Å²) >= 11 is 13.4. The van der Waals surface area contributed by atoms with Gasteiger partial charge >= 0.3 is 0 Å². The number of amides is 1. The highest BCUT2D eigenvalue weighted by Gasteiger charge is 2.40. The highest BCUT2D eigenvalue weighted by molar-refractivity contribution is 7.99. The molecule has 1 amide bonds. The Kier molecular flexibility index (Phi) is 10.4. The fraction of sp³-hybridized carbons (Fsp3) is 0.393. The first-order chi connectivity index (χ1) is 19.5. The van der Waals surface area contributed by atoms with Gasteiger partial charge in [-0.15, -0.1) is 0 Å². The third-order valence-corrected chi connectivity index (χ3v) is 9.85. The average molecular weight is 640 g/mol. The van der Waals surface area contributed by atoms with E-state index in [-0.39, 0.29) is 29.7 Å². The lowest BCUT2D eigenvalue weighted by Crippen LogP contribution is -2.49. The Balaban J connectivity index is 1.34. The number of hydrogen-bond donors (Lipinski definition) is 1. The van der Waals surface area contributed by atoms with E-state index in [4.69, 9.17) is 32.7 Å². The van der Waals surface area contributed by atoms with Crippen LogP contribution in [0.1, 0.15) is 18.9 Å². The van der Waals surface area contributed by atoms with E-state index in [0.717, 1.165) is 16.7 Å². The summed E-state index contributed by atoms with van der Waals surface area (Å²) in [7, 11) is -0.315. The van der Waals surface area contributed by atoms with E-state index in [1.54, 1.807) is 32.7 Å². The molecule has 1 fully saturated rings. The van der Waals surface area contributed by atoms with Crippen molar-refractivity contribution in [3.05, 3.63) is 64.4 Å². The standard InChI is InChI=1S/C28H32Cl2N4O5S2/c1-17(24-11-19(15-34(24)41(4,36)37)9-18-5-7-22(29)23(30)10-18)33-27(35)16-40-28-31-13-21(14-32-28)20-6-8-25(38-2)26(12-20)39-3/h5-8,10,12-14,17,19,24H,9,11,15-16H2,1-4H3,(H,33,35)/t17?,19-,24+/m1/s1. The smallest absolute Gasteiger partial charge is 0.230 e. The predicted octanol–water partition coefficient (Wildman–Crippen LogP) is 4.96. The zero-order valence-electron chi connectivity index (χ0n) is 23.1. The van der Waals surface area contributed by atoms with Gasteiger partial charge in [-0.1, -0.05) is 47.1 Å². The minimum absolute atomic E-state index is 0.0817. The summed E-state index contributed by atoms with van der Waals surface area (Å²) in [6, 6.07) is 10.3. The molecule has 1 unspecified atom stereocenters. The first kappa shape index (κ1) is 31.4. The molecule has 1 N–H and O–H groups in total. The van der Waals surface area contributed by atoms with E-state index in [2.05, 4.69) is 15.3 Å². The second-order valence-electron chi connectivity index (χ2n) is 9.92. The van der Waals surface area contributed by atoms with Crippen LogP contribution in [0.2, 0.25) is 10.0 Å². The van der Waals surface area contributed by atoms with E-state index in [9.17, 15) is 13.2 Å². The predicted molar refractivity (Wildman–Crippen MR) is 163 cm³/mol. The average Bonchev–Trinajstić information content (AvgIpc) is 3.38. The monoisotopic (exact) mass is 638 g/mol. The molecule has 1 aliphatic heterocycles. The Morgan fingerprint density at radius 1 is 1.07 bits per heavy atom. The molecular formula is C28H32Cl2N4O5S2. The maximum atomic E-state index is 12.8. The molecule has 4 rings (SSSR count). The Morgan fingerprint density at radius 3 is 2.41 bits per heavy atom. The lowest BCUT2D eigenvalue weighted by atomic mass is 9.95. The molecule has 2 aromatic carbocycles. The van der Waals surface area contributed by atoms with Crippen molar-refractivity contribution in [2.75, 3.05) is 32.8 Å². The summed E-state index contributed by atoms with van der Waals surface area (Å²) < 4.78 is 37.3. The number of nitrogens with one attached hydrogen (secondary N) is 1. The van der Waals surface area contributed by atoms with Crippen LogP contribution in [0.4, 0.5) is 0 Å². The second-order valence-corrected chi connectivity index (χ2v) is 13.6. The number of thioether (sulfide) groups is 1. The van der Waals surface area contributed by atoms with Gasteiger partial charge in [-0.05, 0) is 61.1 Å². The molecule has 41 heavy (non-hydrogen) atoms. The molecule has 0 saturated carbocycles. The first-order valence-corrected chi connectivity index (χ1v) is 16.4. The third kappa shape index (κ3) is 8.04. The van der Waals surface area contributed by atoms with Gasteiger partial charge in [0, 0.05) is 36.6 Å². The Labute approximate surface area is 255 Å². The van der Waals surface area contributed by atoms with Crippen molar-refractivity contribution in [3.63, 3.8) is 0 Å². The molecule has 1 saturated heterocycles. The summed E-state index contributed by atoms with van der Waals surface area (Å²) in [5, 5.41) is 4.37. The number of sulfonamides is 1. The Hall–Kier alpha value is -2.57. The number of methoxy groups -OCH3 is 2. The van der Waals surface area contributed by atoms with E-state index in [1.807, 2.05) is 37.3 Å². The van der Waals surface area contributed by atoms with Crippen molar-refractivity contribution in [3.8, 4) is 22.6 Å². The molecular weight excluding hydrogens is 607 g/mol. The lowest BCUT2D eigenvalue weighted by molar-refractivity contribution is -0.119. The fourth-order valence-electron chi connectivity index (χ4n) is 4.98. The van der Waals surface area contributed by atoms with E-state index in [0.29, 0.717) is 46.1 Å². The third-order valence-electron chi connectivity index (χ3n) is 6.96. The van der Waals surface area contributed by atoms with Gasteiger partial charge in [-0.3, -0.25) is 4.79 Å². The topological polar surface area (TPSA) is 111 Å². The number of nitrogens with zero attached hydrogens (tertiary/aromatic N) is 3. The van der Waals surface area contributed by atoms with Crippen molar-refractivity contribution < 1.29 is 22.7 Å². The van der Waals surface area contributed by atoms with Crippen LogP contribution in [0.3, 0.4) is 0 Å². The van der Waals surface area contributed by atoms with Gasteiger partial charge in [-0.2, -0.15) is 4.31 Å². The quantitative estimate of drug-likeness (QED) is 0.232. The molecule has 0 bridgehead atoms. The summed E-state index contributed by atoms with van der Waals surface area (Å²) in [6.07, 6.45) is 5.85. The van der Waals surface area contributed by atoms with Crippen molar-refractivity contribution in [2.24, 2.45) is 5.92 Å². The minimum atomic E-state index is -3.47. The van der Waals surface area contributed by atoms with Gasteiger partial charge in [0.15, 0.2) is 16.7 Å². The molecule has 3 aromatic rings. The van der Waals surface area contributed by atoms with Crippen molar-refractivity contribution >= 4 is 50.9 Å².